The molecule has 0 fully saturated rings. The number of amides is 1. The molecule has 0 saturated carbocycles. The fraction of sp³-hybridized carbons (Fsp3) is 0.350. The Bertz CT molecular complexity index is 1110. The van der Waals surface area contributed by atoms with Crippen molar-refractivity contribution in [2.75, 3.05) is 24.7 Å². The molecule has 0 aliphatic heterocycles. The summed E-state index contributed by atoms with van der Waals surface area (Å²) in [6.45, 7) is 2.01. The molecule has 2 aromatic heterocycles. The van der Waals surface area contributed by atoms with E-state index in [2.05, 4.69) is 10.1 Å². The molecule has 3 aromatic rings. The summed E-state index contributed by atoms with van der Waals surface area (Å²) in [7, 11) is -0.233. The van der Waals surface area contributed by atoms with Gasteiger partial charge in [0.15, 0.2) is 6.10 Å². The van der Waals surface area contributed by atoms with Crippen LogP contribution in [0.2, 0.25) is 0 Å². The van der Waals surface area contributed by atoms with Crippen molar-refractivity contribution in [2.45, 2.75) is 26.0 Å². The van der Waals surface area contributed by atoms with Crippen LogP contribution in [0.3, 0.4) is 0 Å². The van der Waals surface area contributed by atoms with Crippen LogP contribution in [0, 0.1) is 0 Å². The smallest absolute Gasteiger partial charge is 0.263 e. The van der Waals surface area contributed by atoms with Crippen LogP contribution >= 0.6 is 11.3 Å². The first kappa shape index (κ1) is 22.8. The van der Waals surface area contributed by atoms with Gasteiger partial charge >= 0.3 is 0 Å². The van der Waals surface area contributed by atoms with Gasteiger partial charge in [0, 0.05) is 14.1 Å². The zero-order valence-electron chi connectivity index (χ0n) is 17.7. The predicted molar refractivity (Wildman–Crippen MR) is 118 cm³/mol. The minimum atomic E-state index is -3.35. The average Bonchev–Trinajstić information content (AvgIpc) is 3.42. The highest BCUT2D eigenvalue weighted by Crippen LogP contribution is 2.23. The van der Waals surface area contributed by atoms with E-state index >= 15 is 0 Å². The summed E-state index contributed by atoms with van der Waals surface area (Å²) in [5.41, 5.74) is 0.504. The molecule has 9 nitrogen and oxygen atoms in total. The SMILES string of the molecule is CCC(Oc1ccc(N(C)S(C)(=O)=O)cc1)C(=O)N(C)Cc1nc(-c2cccs2)no1. The first-order valence-electron chi connectivity index (χ1n) is 9.51. The Labute approximate surface area is 185 Å². The highest BCUT2D eigenvalue weighted by atomic mass is 32.2. The number of aromatic nitrogens is 2. The number of hydrogen-bond acceptors (Lipinski definition) is 8. The van der Waals surface area contributed by atoms with Crippen LogP contribution in [-0.4, -0.2) is 55.8 Å². The van der Waals surface area contributed by atoms with Crippen LogP contribution in [0.15, 0.2) is 46.3 Å². The molecule has 0 bridgehead atoms. The molecule has 3 rings (SSSR count). The van der Waals surface area contributed by atoms with Crippen LogP contribution < -0.4 is 9.04 Å². The van der Waals surface area contributed by atoms with E-state index in [9.17, 15) is 13.2 Å². The van der Waals surface area contributed by atoms with Gasteiger partial charge in [-0.1, -0.05) is 18.1 Å². The standard InChI is InChI=1S/C20H24N4O5S2/c1-5-16(28-15-10-8-14(9-11-15)24(3)31(4,26)27)20(25)23(2)13-18-21-19(22-29-18)17-7-6-12-30-17/h6-12,16H,5,13H2,1-4H3. The topological polar surface area (TPSA) is 106 Å². The summed E-state index contributed by atoms with van der Waals surface area (Å²) in [6.07, 6.45) is 0.882. The van der Waals surface area contributed by atoms with Crippen molar-refractivity contribution in [1.82, 2.24) is 15.0 Å². The lowest BCUT2D eigenvalue weighted by Crippen LogP contribution is -2.39. The quantitative estimate of drug-likeness (QED) is 0.479. The molecule has 0 spiro atoms. The number of carbonyl (C=O) groups is 1. The number of benzene rings is 1. The molecule has 0 saturated heterocycles. The van der Waals surface area contributed by atoms with E-state index in [1.54, 1.807) is 31.3 Å². The molecule has 11 heteroatoms. The van der Waals surface area contributed by atoms with Gasteiger partial charge in [-0.15, -0.1) is 11.3 Å². The first-order chi connectivity index (χ1) is 14.7. The molecule has 0 aliphatic rings. The second-order valence-electron chi connectivity index (χ2n) is 6.92. The minimum absolute atomic E-state index is 0.162. The summed E-state index contributed by atoms with van der Waals surface area (Å²) in [4.78, 5) is 19.6. The molecule has 31 heavy (non-hydrogen) atoms. The lowest BCUT2D eigenvalue weighted by atomic mass is 10.2. The zero-order valence-corrected chi connectivity index (χ0v) is 19.3. The molecule has 1 amide bonds. The number of thiophene rings is 1. The van der Waals surface area contributed by atoms with Crippen molar-refractivity contribution in [1.29, 1.82) is 0 Å². The average molecular weight is 465 g/mol. The second kappa shape index (κ2) is 9.48. The molecule has 2 heterocycles. The fourth-order valence-corrected chi connectivity index (χ4v) is 3.90. The highest BCUT2D eigenvalue weighted by Gasteiger charge is 2.24. The summed E-state index contributed by atoms with van der Waals surface area (Å²) in [5, 5.41) is 5.88. The maximum atomic E-state index is 12.9. The van der Waals surface area contributed by atoms with E-state index in [0.29, 0.717) is 29.6 Å². The maximum absolute atomic E-state index is 12.9. The maximum Gasteiger partial charge on any atom is 0.263 e. The third kappa shape index (κ3) is 5.61. The van der Waals surface area contributed by atoms with Gasteiger partial charge in [0.25, 0.3) is 5.91 Å². The number of carbonyl (C=O) groups excluding carboxylic acids is 1. The van der Waals surface area contributed by atoms with E-state index < -0.39 is 16.1 Å². The Morgan fingerprint density at radius 2 is 1.94 bits per heavy atom. The van der Waals surface area contributed by atoms with E-state index in [1.165, 1.54) is 27.6 Å². The summed E-state index contributed by atoms with van der Waals surface area (Å²) in [5.74, 6) is 1.07. The van der Waals surface area contributed by atoms with Crippen LogP contribution in [0.1, 0.15) is 19.2 Å². The Hall–Kier alpha value is -2.92. The van der Waals surface area contributed by atoms with Crippen molar-refractivity contribution < 1.29 is 22.5 Å². The zero-order chi connectivity index (χ0) is 22.6. The minimum Gasteiger partial charge on any atom is -0.481 e. The van der Waals surface area contributed by atoms with Crippen molar-refractivity contribution in [3.8, 4) is 16.5 Å². The number of nitrogens with zero attached hydrogens (tertiary/aromatic N) is 4. The van der Waals surface area contributed by atoms with Crippen LogP contribution in [0.4, 0.5) is 5.69 Å². The highest BCUT2D eigenvalue weighted by molar-refractivity contribution is 7.92. The van der Waals surface area contributed by atoms with E-state index in [-0.39, 0.29) is 12.5 Å². The third-order valence-electron chi connectivity index (χ3n) is 4.58. The number of hydrogen-bond donors (Lipinski definition) is 0. The second-order valence-corrected chi connectivity index (χ2v) is 9.88. The molecule has 1 unspecified atom stereocenters. The Balaban J connectivity index is 1.63. The van der Waals surface area contributed by atoms with E-state index in [4.69, 9.17) is 9.26 Å². The molecule has 166 valence electrons. The number of anilines is 1. The van der Waals surface area contributed by atoms with Gasteiger partial charge in [-0.25, -0.2) is 8.42 Å². The number of ether oxygens (including phenoxy) is 1. The van der Waals surface area contributed by atoms with Gasteiger partial charge in [0.2, 0.25) is 21.7 Å². The molecule has 0 radical (unpaired) electrons. The van der Waals surface area contributed by atoms with Crippen molar-refractivity contribution in [3.05, 3.63) is 47.7 Å². The van der Waals surface area contributed by atoms with Gasteiger partial charge in [0.1, 0.15) is 5.75 Å². The van der Waals surface area contributed by atoms with Crippen molar-refractivity contribution >= 4 is 33.0 Å². The van der Waals surface area contributed by atoms with Crippen molar-refractivity contribution in [2.24, 2.45) is 0 Å². The lowest BCUT2D eigenvalue weighted by molar-refractivity contribution is -0.138. The van der Waals surface area contributed by atoms with Gasteiger partial charge in [-0.05, 0) is 42.1 Å². The van der Waals surface area contributed by atoms with Gasteiger partial charge in [0.05, 0.1) is 23.4 Å². The summed E-state index contributed by atoms with van der Waals surface area (Å²) >= 11 is 1.51. The monoisotopic (exact) mass is 464 g/mol. The molecular formula is C20H24N4O5S2. The molecule has 1 aromatic carbocycles. The number of sulfonamides is 1. The fourth-order valence-electron chi connectivity index (χ4n) is 2.75. The third-order valence-corrected chi connectivity index (χ3v) is 6.65. The number of likely N-dealkylation sites (N-methyl/N-ethyl adjacent to an activating group) is 1. The molecule has 0 aliphatic carbocycles. The van der Waals surface area contributed by atoms with Gasteiger partial charge in [-0.3, -0.25) is 9.10 Å². The van der Waals surface area contributed by atoms with Crippen LogP contribution in [0.25, 0.3) is 10.7 Å². The van der Waals surface area contributed by atoms with E-state index in [1.807, 2.05) is 24.4 Å². The lowest BCUT2D eigenvalue weighted by Gasteiger charge is -2.23. The molecule has 1 atom stereocenters. The Kier molecular flexibility index (Phi) is 6.96. The Morgan fingerprint density at radius 1 is 1.23 bits per heavy atom. The normalized spacial score (nSPS) is 12.4. The van der Waals surface area contributed by atoms with Crippen LogP contribution in [0.5, 0.6) is 5.75 Å². The number of rotatable bonds is 9. The first-order valence-corrected chi connectivity index (χ1v) is 12.2. The largest absolute Gasteiger partial charge is 0.481 e. The van der Waals surface area contributed by atoms with Crippen molar-refractivity contribution in [3.63, 3.8) is 0 Å². The Morgan fingerprint density at radius 3 is 2.52 bits per heavy atom. The summed E-state index contributed by atoms with van der Waals surface area (Å²) in [6, 6.07) is 10.3. The molecular weight excluding hydrogens is 440 g/mol. The van der Waals surface area contributed by atoms with Crippen LogP contribution in [-0.2, 0) is 21.4 Å². The summed E-state index contributed by atoms with van der Waals surface area (Å²) < 4.78 is 35.6. The van der Waals surface area contributed by atoms with E-state index in [0.717, 1.165) is 11.1 Å². The van der Waals surface area contributed by atoms with Gasteiger partial charge in [-0.2, -0.15) is 4.98 Å². The molecule has 0 N–H and O–H groups in total. The predicted octanol–water partition coefficient (Wildman–Crippen LogP) is 3.01. The van der Waals surface area contributed by atoms with Gasteiger partial charge < -0.3 is 14.2 Å².